The third-order valence-electron chi connectivity index (χ3n) is 4.44. The number of aromatic nitrogens is 3. The first-order valence-electron chi connectivity index (χ1n) is 9.25. The summed E-state index contributed by atoms with van der Waals surface area (Å²) in [6, 6.07) is 10.5. The minimum absolute atomic E-state index is 0.00895. The Hall–Kier alpha value is -3.20. The van der Waals surface area contributed by atoms with Gasteiger partial charge in [-0.25, -0.2) is 18.1 Å². The van der Waals surface area contributed by atoms with Crippen LogP contribution in [0.5, 0.6) is 0 Å². The molecule has 1 aromatic carbocycles. The molecule has 0 saturated heterocycles. The second-order valence-corrected chi connectivity index (χ2v) is 8.46. The van der Waals surface area contributed by atoms with Crippen LogP contribution in [0.4, 0.5) is 11.4 Å². The number of anilines is 2. The van der Waals surface area contributed by atoms with Crippen molar-refractivity contribution in [3.05, 3.63) is 65.6 Å². The van der Waals surface area contributed by atoms with Gasteiger partial charge in [-0.3, -0.25) is 9.52 Å². The van der Waals surface area contributed by atoms with Crippen molar-refractivity contribution in [2.24, 2.45) is 0 Å². The van der Waals surface area contributed by atoms with Gasteiger partial charge in [0.15, 0.2) is 5.82 Å². The highest BCUT2D eigenvalue weighted by Gasteiger charge is 2.18. The smallest absolute Gasteiger partial charge is 0.259 e. The van der Waals surface area contributed by atoms with Crippen molar-refractivity contribution in [1.82, 2.24) is 14.8 Å². The van der Waals surface area contributed by atoms with Crippen LogP contribution in [-0.2, 0) is 16.4 Å². The number of amides is 1. The molecule has 8 nitrogen and oxygen atoms in total. The van der Waals surface area contributed by atoms with Gasteiger partial charge >= 0.3 is 0 Å². The second-order valence-electron chi connectivity index (χ2n) is 6.45. The summed E-state index contributed by atoms with van der Waals surface area (Å²) in [6.45, 7) is 5.30. The van der Waals surface area contributed by atoms with Crippen molar-refractivity contribution in [1.29, 1.82) is 0 Å². The monoisotopic (exact) mass is 413 g/mol. The average Bonchev–Trinajstić information content (AvgIpc) is 3.15. The third-order valence-corrected chi connectivity index (χ3v) is 5.74. The number of carbonyl (C=O) groups excluding carboxylic acids is 1. The van der Waals surface area contributed by atoms with E-state index in [0.29, 0.717) is 34.7 Å². The number of carbonyl (C=O) groups is 1. The highest BCUT2D eigenvalue weighted by atomic mass is 32.2. The van der Waals surface area contributed by atoms with Gasteiger partial charge in [-0.1, -0.05) is 13.0 Å². The number of rotatable bonds is 7. The van der Waals surface area contributed by atoms with Gasteiger partial charge in [0.1, 0.15) is 0 Å². The number of sulfonamides is 1. The Morgan fingerprint density at radius 2 is 1.97 bits per heavy atom. The van der Waals surface area contributed by atoms with Gasteiger partial charge in [0.25, 0.3) is 5.91 Å². The summed E-state index contributed by atoms with van der Waals surface area (Å²) in [4.78, 5) is 17.1. The van der Waals surface area contributed by atoms with Crippen LogP contribution in [0.25, 0.3) is 5.82 Å². The molecule has 0 fully saturated rings. The Morgan fingerprint density at radius 3 is 2.59 bits per heavy atom. The molecule has 0 unspecified atom stereocenters. The Balaban J connectivity index is 1.82. The van der Waals surface area contributed by atoms with E-state index >= 15 is 0 Å². The van der Waals surface area contributed by atoms with Crippen LogP contribution >= 0.6 is 0 Å². The van der Waals surface area contributed by atoms with E-state index < -0.39 is 10.0 Å². The molecule has 3 aromatic rings. The Labute approximate surface area is 170 Å². The Morgan fingerprint density at radius 1 is 1.17 bits per heavy atom. The van der Waals surface area contributed by atoms with E-state index in [2.05, 4.69) is 20.1 Å². The van der Waals surface area contributed by atoms with E-state index in [1.165, 1.54) is 6.20 Å². The molecular weight excluding hydrogens is 390 g/mol. The summed E-state index contributed by atoms with van der Waals surface area (Å²) in [6.07, 6.45) is 3.81. The Bertz CT molecular complexity index is 1120. The van der Waals surface area contributed by atoms with Gasteiger partial charge in [0.2, 0.25) is 10.0 Å². The third kappa shape index (κ3) is 4.62. The molecule has 2 aromatic heterocycles. The second kappa shape index (κ2) is 8.44. The molecule has 0 aliphatic rings. The highest BCUT2D eigenvalue weighted by molar-refractivity contribution is 7.92. The number of pyridine rings is 1. The summed E-state index contributed by atoms with van der Waals surface area (Å²) in [5.74, 6) is 0.350. The molecule has 0 spiro atoms. The fourth-order valence-corrected chi connectivity index (χ4v) is 3.58. The quantitative estimate of drug-likeness (QED) is 0.619. The van der Waals surface area contributed by atoms with Crippen molar-refractivity contribution in [3.8, 4) is 5.82 Å². The molecular formula is C20H23N5O3S. The number of hydrogen-bond donors (Lipinski definition) is 2. The van der Waals surface area contributed by atoms with Gasteiger partial charge in [-0.2, -0.15) is 5.10 Å². The maximum Gasteiger partial charge on any atom is 0.259 e. The summed E-state index contributed by atoms with van der Waals surface area (Å²) >= 11 is 0. The molecule has 0 aliphatic carbocycles. The SMILES string of the molecule is CCc1c(C(=O)Nc2ccc(NS(=O)(=O)CC)c(C)c2)cnn1-c1ccccn1. The summed E-state index contributed by atoms with van der Waals surface area (Å²) in [5.41, 5.74) is 2.98. The van der Waals surface area contributed by atoms with E-state index in [-0.39, 0.29) is 11.7 Å². The highest BCUT2D eigenvalue weighted by Crippen LogP contribution is 2.22. The minimum atomic E-state index is -3.36. The molecule has 2 heterocycles. The zero-order valence-electron chi connectivity index (χ0n) is 16.5. The van der Waals surface area contributed by atoms with Crippen LogP contribution in [0.1, 0.15) is 35.5 Å². The molecule has 0 aliphatic heterocycles. The molecule has 9 heteroatoms. The van der Waals surface area contributed by atoms with E-state index in [1.807, 2.05) is 25.1 Å². The Kier molecular flexibility index (Phi) is 5.97. The standard InChI is InChI=1S/C20H23N5O3S/c1-4-18-16(13-22-25(18)19-8-6-7-11-21-19)20(26)23-15-9-10-17(14(3)12-15)24-29(27,28)5-2/h6-13,24H,4-5H2,1-3H3,(H,23,26). The normalized spacial score (nSPS) is 11.3. The van der Waals surface area contributed by atoms with Crippen LogP contribution < -0.4 is 10.0 Å². The average molecular weight is 414 g/mol. The van der Waals surface area contributed by atoms with Gasteiger partial charge in [0, 0.05) is 11.9 Å². The molecule has 2 N–H and O–H groups in total. The van der Waals surface area contributed by atoms with Gasteiger partial charge < -0.3 is 5.32 Å². The molecule has 0 atom stereocenters. The lowest BCUT2D eigenvalue weighted by Gasteiger charge is -2.12. The van der Waals surface area contributed by atoms with Crippen molar-refractivity contribution in [2.45, 2.75) is 27.2 Å². The molecule has 29 heavy (non-hydrogen) atoms. The van der Waals surface area contributed by atoms with Gasteiger partial charge in [-0.15, -0.1) is 0 Å². The van der Waals surface area contributed by atoms with Crippen LogP contribution in [0.2, 0.25) is 0 Å². The van der Waals surface area contributed by atoms with E-state index in [0.717, 1.165) is 5.69 Å². The lowest BCUT2D eigenvalue weighted by Crippen LogP contribution is -2.16. The fourth-order valence-electron chi connectivity index (χ4n) is 2.87. The number of hydrogen-bond acceptors (Lipinski definition) is 5. The van der Waals surface area contributed by atoms with Crippen LogP contribution in [0, 0.1) is 6.92 Å². The maximum atomic E-state index is 12.8. The van der Waals surface area contributed by atoms with Crippen molar-refractivity contribution < 1.29 is 13.2 Å². The molecule has 3 rings (SSSR count). The minimum Gasteiger partial charge on any atom is -0.322 e. The molecule has 0 saturated carbocycles. The zero-order valence-corrected chi connectivity index (χ0v) is 17.3. The molecule has 0 radical (unpaired) electrons. The number of aryl methyl sites for hydroxylation is 1. The first kappa shape index (κ1) is 20.5. The number of nitrogens with one attached hydrogen (secondary N) is 2. The van der Waals surface area contributed by atoms with Crippen molar-refractivity contribution in [3.63, 3.8) is 0 Å². The summed E-state index contributed by atoms with van der Waals surface area (Å²) < 4.78 is 27.7. The van der Waals surface area contributed by atoms with Crippen LogP contribution in [0.15, 0.2) is 48.8 Å². The van der Waals surface area contributed by atoms with E-state index in [4.69, 9.17) is 0 Å². The first-order valence-corrected chi connectivity index (χ1v) is 10.9. The lowest BCUT2D eigenvalue weighted by atomic mass is 10.1. The van der Waals surface area contributed by atoms with Crippen molar-refractivity contribution >= 4 is 27.3 Å². The summed E-state index contributed by atoms with van der Waals surface area (Å²) in [5, 5.41) is 7.17. The van der Waals surface area contributed by atoms with E-state index in [9.17, 15) is 13.2 Å². The lowest BCUT2D eigenvalue weighted by molar-refractivity contribution is 0.102. The fraction of sp³-hybridized carbons (Fsp3) is 0.250. The van der Waals surface area contributed by atoms with Crippen LogP contribution in [-0.4, -0.2) is 34.8 Å². The largest absolute Gasteiger partial charge is 0.322 e. The predicted molar refractivity (Wildman–Crippen MR) is 113 cm³/mol. The van der Waals surface area contributed by atoms with Crippen molar-refractivity contribution in [2.75, 3.05) is 15.8 Å². The molecule has 0 bridgehead atoms. The topological polar surface area (TPSA) is 106 Å². The molecule has 152 valence electrons. The zero-order chi connectivity index (χ0) is 21.0. The summed E-state index contributed by atoms with van der Waals surface area (Å²) in [7, 11) is -3.36. The maximum absolute atomic E-state index is 12.8. The predicted octanol–water partition coefficient (Wildman–Crippen LogP) is 3.15. The number of nitrogens with zero attached hydrogens (tertiary/aromatic N) is 3. The molecule has 1 amide bonds. The number of benzene rings is 1. The first-order chi connectivity index (χ1) is 13.8. The van der Waals surface area contributed by atoms with E-state index in [1.54, 1.807) is 42.9 Å². The van der Waals surface area contributed by atoms with Crippen LogP contribution in [0.3, 0.4) is 0 Å². The van der Waals surface area contributed by atoms with Gasteiger partial charge in [0.05, 0.1) is 28.9 Å². The van der Waals surface area contributed by atoms with Gasteiger partial charge in [-0.05, 0) is 56.2 Å².